The Morgan fingerprint density at radius 2 is 2.07 bits per heavy atom. The molecule has 0 atom stereocenters. The molecule has 0 bridgehead atoms. The van der Waals surface area contributed by atoms with Crippen molar-refractivity contribution < 1.29 is 13.2 Å². The van der Waals surface area contributed by atoms with Gasteiger partial charge in [-0.2, -0.15) is 0 Å². The van der Waals surface area contributed by atoms with Gasteiger partial charge in [-0.3, -0.25) is 4.79 Å². The molecule has 0 fully saturated rings. The Morgan fingerprint density at radius 1 is 1.40 bits per heavy atom. The van der Waals surface area contributed by atoms with Crippen molar-refractivity contribution in [1.82, 2.24) is 10.0 Å². The number of amides is 1. The molecule has 15 heavy (non-hydrogen) atoms. The minimum absolute atomic E-state index is 0.0441. The van der Waals surface area contributed by atoms with Crippen molar-refractivity contribution in [3.05, 3.63) is 0 Å². The minimum atomic E-state index is -3.36. The van der Waals surface area contributed by atoms with E-state index in [1.165, 1.54) is 0 Å². The van der Waals surface area contributed by atoms with Crippen LogP contribution in [-0.2, 0) is 14.8 Å². The largest absolute Gasteiger partial charge is 0.355 e. The highest BCUT2D eigenvalue weighted by molar-refractivity contribution is 7.89. The summed E-state index contributed by atoms with van der Waals surface area (Å²) in [6, 6.07) is 0. The maximum atomic E-state index is 11.2. The number of sulfonamides is 1. The third-order valence-corrected chi connectivity index (χ3v) is 3.25. The summed E-state index contributed by atoms with van der Waals surface area (Å²) >= 11 is 5.37. The van der Waals surface area contributed by atoms with Crippen molar-refractivity contribution in [3.8, 4) is 0 Å². The molecular weight excluding hydrogens is 240 g/mol. The fourth-order valence-electron chi connectivity index (χ4n) is 0.819. The lowest BCUT2D eigenvalue weighted by Gasteiger charge is -2.06. The normalized spacial score (nSPS) is 11.3. The molecule has 0 saturated heterocycles. The molecule has 0 radical (unpaired) electrons. The molecule has 5 nitrogen and oxygen atoms in total. The molecule has 7 heteroatoms. The molecule has 2 N–H and O–H groups in total. The number of hydrogen-bond acceptors (Lipinski definition) is 3. The highest BCUT2D eigenvalue weighted by atomic mass is 35.5. The summed E-state index contributed by atoms with van der Waals surface area (Å²) in [5.74, 6) is -0.0631. The van der Waals surface area contributed by atoms with Gasteiger partial charge >= 0.3 is 0 Å². The van der Waals surface area contributed by atoms with E-state index in [9.17, 15) is 13.2 Å². The molecule has 0 aromatic heterocycles. The van der Waals surface area contributed by atoms with E-state index >= 15 is 0 Å². The summed E-state index contributed by atoms with van der Waals surface area (Å²) in [6.07, 6.45) is 1.21. The van der Waals surface area contributed by atoms with Crippen LogP contribution in [0.2, 0.25) is 0 Å². The number of nitrogens with one attached hydrogen (secondary N) is 2. The van der Waals surface area contributed by atoms with Crippen LogP contribution in [0.4, 0.5) is 0 Å². The van der Waals surface area contributed by atoms with E-state index in [4.69, 9.17) is 11.6 Å². The quantitative estimate of drug-likeness (QED) is 0.603. The Labute approximate surface area is 95.6 Å². The van der Waals surface area contributed by atoms with Crippen molar-refractivity contribution in [3.63, 3.8) is 0 Å². The average molecular weight is 257 g/mol. The van der Waals surface area contributed by atoms with E-state index in [1.807, 2.05) is 6.92 Å². The third-order valence-electron chi connectivity index (χ3n) is 1.57. The van der Waals surface area contributed by atoms with Gasteiger partial charge in [-0.15, -0.1) is 11.6 Å². The predicted octanol–water partition coefficient (Wildman–Crippen LogP) is 0.0609. The maximum Gasteiger partial charge on any atom is 0.235 e. The van der Waals surface area contributed by atoms with Gasteiger partial charge in [0.05, 0.1) is 12.3 Å². The van der Waals surface area contributed by atoms with Gasteiger partial charge < -0.3 is 5.32 Å². The lowest BCUT2D eigenvalue weighted by molar-refractivity contribution is -0.119. The van der Waals surface area contributed by atoms with Crippen molar-refractivity contribution >= 4 is 27.5 Å². The van der Waals surface area contributed by atoms with E-state index in [0.717, 1.165) is 6.42 Å². The summed E-state index contributed by atoms with van der Waals surface area (Å²) in [5, 5.41) is 2.57. The van der Waals surface area contributed by atoms with E-state index < -0.39 is 10.0 Å². The Bertz CT molecular complexity index is 280. The lowest BCUT2D eigenvalue weighted by atomic mass is 10.5. The molecular formula is C8H17ClN2O3S. The smallest absolute Gasteiger partial charge is 0.235 e. The van der Waals surface area contributed by atoms with E-state index in [2.05, 4.69) is 10.0 Å². The number of carbonyl (C=O) groups excluding carboxylic acids is 1. The van der Waals surface area contributed by atoms with Crippen LogP contribution in [0.3, 0.4) is 0 Å². The molecule has 0 aromatic rings. The van der Waals surface area contributed by atoms with Crippen molar-refractivity contribution in [2.45, 2.75) is 19.8 Å². The predicted molar refractivity (Wildman–Crippen MR) is 60.4 cm³/mol. The summed E-state index contributed by atoms with van der Waals surface area (Å²) < 4.78 is 24.6. The Morgan fingerprint density at radius 3 is 2.60 bits per heavy atom. The van der Waals surface area contributed by atoms with Crippen molar-refractivity contribution in [2.75, 3.05) is 24.7 Å². The molecule has 0 aliphatic carbocycles. The molecule has 0 aliphatic rings. The van der Waals surface area contributed by atoms with Crippen LogP contribution >= 0.6 is 11.6 Å². The van der Waals surface area contributed by atoms with Crippen LogP contribution in [0.1, 0.15) is 19.8 Å². The zero-order valence-electron chi connectivity index (χ0n) is 8.75. The summed E-state index contributed by atoms with van der Waals surface area (Å²) in [6.45, 7) is 2.28. The molecule has 0 rings (SSSR count). The summed E-state index contributed by atoms with van der Waals surface area (Å²) in [7, 11) is -3.36. The molecule has 0 saturated carbocycles. The van der Waals surface area contributed by atoms with Gasteiger partial charge in [0.2, 0.25) is 15.9 Å². The molecule has 0 aromatic carbocycles. The monoisotopic (exact) mass is 256 g/mol. The second-order valence-electron chi connectivity index (χ2n) is 3.03. The first-order chi connectivity index (χ1) is 7.02. The molecule has 0 heterocycles. The highest BCUT2D eigenvalue weighted by Gasteiger charge is 2.10. The number of rotatable bonds is 8. The SMILES string of the molecule is CCCNC(=O)CNS(=O)(=O)CCCCl. The minimum Gasteiger partial charge on any atom is -0.355 e. The summed E-state index contributed by atoms with van der Waals surface area (Å²) in [4.78, 5) is 11.1. The topological polar surface area (TPSA) is 75.3 Å². The zero-order valence-corrected chi connectivity index (χ0v) is 10.3. The van der Waals surface area contributed by atoms with Gasteiger partial charge in [-0.25, -0.2) is 13.1 Å². The molecule has 0 unspecified atom stereocenters. The zero-order chi connectivity index (χ0) is 11.7. The van der Waals surface area contributed by atoms with Crippen LogP contribution in [-0.4, -0.2) is 39.0 Å². The maximum absolute atomic E-state index is 11.2. The van der Waals surface area contributed by atoms with Gasteiger partial charge in [0.25, 0.3) is 0 Å². The van der Waals surface area contributed by atoms with Crippen LogP contribution in [0.5, 0.6) is 0 Å². The van der Waals surface area contributed by atoms with Gasteiger partial charge in [-0.05, 0) is 12.8 Å². The Balaban J connectivity index is 3.78. The number of carbonyl (C=O) groups is 1. The highest BCUT2D eigenvalue weighted by Crippen LogP contribution is 1.91. The van der Waals surface area contributed by atoms with Crippen molar-refractivity contribution in [1.29, 1.82) is 0 Å². The van der Waals surface area contributed by atoms with E-state index in [-0.39, 0.29) is 18.2 Å². The number of hydrogen-bond donors (Lipinski definition) is 2. The van der Waals surface area contributed by atoms with Crippen LogP contribution in [0.25, 0.3) is 0 Å². The first-order valence-electron chi connectivity index (χ1n) is 4.82. The van der Waals surface area contributed by atoms with Crippen LogP contribution in [0.15, 0.2) is 0 Å². The fourth-order valence-corrected chi connectivity index (χ4v) is 2.13. The van der Waals surface area contributed by atoms with Crippen LogP contribution in [0, 0.1) is 0 Å². The number of halogens is 1. The lowest BCUT2D eigenvalue weighted by Crippen LogP contribution is -2.38. The van der Waals surface area contributed by atoms with Gasteiger partial charge in [0, 0.05) is 12.4 Å². The van der Waals surface area contributed by atoms with Crippen molar-refractivity contribution in [2.24, 2.45) is 0 Å². The van der Waals surface area contributed by atoms with Gasteiger partial charge in [0.15, 0.2) is 0 Å². The van der Waals surface area contributed by atoms with Crippen LogP contribution < -0.4 is 10.0 Å². The third kappa shape index (κ3) is 8.65. The Hall–Kier alpha value is -0.330. The fraction of sp³-hybridized carbons (Fsp3) is 0.875. The first-order valence-corrected chi connectivity index (χ1v) is 7.00. The van der Waals surface area contributed by atoms with E-state index in [0.29, 0.717) is 18.8 Å². The standard InChI is InChI=1S/C8H17ClN2O3S/c1-2-5-10-8(12)7-11-15(13,14)6-3-4-9/h11H,2-7H2,1H3,(H,10,12). The molecule has 0 aliphatic heterocycles. The van der Waals surface area contributed by atoms with E-state index in [1.54, 1.807) is 0 Å². The molecule has 1 amide bonds. The Kier molecular flexibility index (Phi) is 7.72. The second kappa shape index (κ2) is 7.90. The first kappa shape index (κ1) is 14.7. The van der Waals surface area contributed by atoms with Gasteiger partial charge in [0.1, 0.15) is 0 Å². The second-order valence-corrected chi connectivity index (χ2v) is 5.34. The van der Waals surface area contributed by atoms with Gasteiger partial charge in [-0.1, -0.05) is 6.92 Å². The summed E-state index contributed by atoms with van der Waals surface area (Å²) in [5.41, 5.74) is 0. The number of alkyl halides is 1. The molecule has 90 valence electrons. The molecule has 0 spiro atoms. The average Bonchev–Trinajstić information content (AvgIpc) is 2.21.